The van der Waals surface area contributed by atoms with Crippen molar-refractivity contribution in [3.63, 3.8) is 0 Å². The summed E-state index contributed by atoms with van der Waals surface area (Å²) in [6.07, 6.45) is 13.4. The van der Waals surface area contributed by atoms with Gasteiger partial charge in [0.05, 0.1) is 6.04 Å². The first-order chi connectivity index (χ1) is 18.6. The van der Waals surface area contributed by atoms with E-state index in [0.717, 1.165) is 37.9 Å². The lowest BCUT2D eigenvalue weighted by Gasteiger charge is -2.46. The predicted octanol–water partition coefficient (Wildman–Crippen LogP) is 6.63. The molecule has 2 atom stereocenters. The number of hydrogen-bond donors (Lipinski definition) is 0. The molecule has 0 N–H and O–H groups in total. The van der Waals surface area contributed by atoms with Gasteiger partial charge in [-0.1, -0.05) is 86.1 Å². The lowest BCUT2D eigenvalue weighted by Crippen LogP contribution is -2.57. The second-order valence-electron chi connectivity index (χ2n) is 11.5. The Bertz CT molecular complexity index is 1100. The topological polar surface area (TPSA) is 43.9 Å². The number of piperidine rings is 1. The first kappa shape index (κ1) is 30.6. The Morgan fingerprint density at radius 1 is 1.03 bits per heavy atom. The van der Waals surface area contributed by atoms with Crippen LogP contribution in [0.15, 0.2) is 71.4 Å². The van der Waals surface area contributed by atoms with E-state index >= 15 is 0 Å². The fourth-order valence-corrected chi connectivity index (χ4v) is 5.57. The quantitative estimate of drug-likeness (QED) is 0.279. The van der Waals surface area contributed by atoms with Crippen LogP contribution in [0.5, 0.6) is 0 Å². The Kier molecular flexibility index (Phi) is 11.4. The normalized spacial score (nSPS) is 20.6. The minimum absolute atomic E-state index is 0.117. The van der Waals surface area contributed by atoms with Crippen LogP contribution in [0.2, 0.25) is 0 Å². The summed E-state index contributed by atoms with van der Waals surface area (Å²) in [4.78, 5) is 31.7. The van der Waals surface area contributed by atoms with Crippen LogP contribution in [0.1, 0.15) is 78.0 Å². The van der Waals surface area contributed by atoms with Crippen LogP contribution in [-0.4, -0.2) is 65.3 Å². The predicted molar refractivity (Wildman–Crippen MR) is 162 cm³/mol. The molecular formula is C34H49N3O2. The Morgan fingerprint density at radius 2 is 1.69 bits per heavy atom. The molecule has 2 heterocycles. The zero-order chi connectivity index (χ0) is 28.5. The minimum Gasteiger partial charge on any atom is -0.342 e. The number of amides is 2. The molecule has 5 heteroatoms. The van der Waals surface area contributed by atoms with E-state index in [9.17, 15) is 9.59 Å². The van der Waals surface area contributed by atoms with Gasteiger partial charge < -0.3 is 9.80 Å². The van der Waals surface area contributed by atoms with Crippen LogP contribution >= 0.6 is 0 Å². The molecule has 0 aromatic heterocycles. The molecule has 0 spiro atoms. The Balaban J connectivity index is 1.84. The molecule has 5 nitrogen and oxygen atoms in total. The number of rotatable bonds is 8. The molecule has 1 aromatic rings. The molecule has 39 heavy (non-hydrogen) atoms. The minimum atomic E-state index is 0.117. The molecule has 0 radical (unpaired) electrons. The molecule has 2 fully saturated rings. The average molecular weight is 532 g/mol. The lowest BCUT2D eigenvalue weighted by atomic mass is 9.91. The van der Waals surface area contributed by atoms with Crippen LogP contribution in [0, 0.1) is 12.8 Å². The monoisotopic (exact) mass is 531 g/mol. The molecule has 1 aromatic carbocycles. The highest BCUT2D eigenvalue weighted by Crippen LogP contribution is 2.33. The summed E-state index contributed by atoms with van der Waals surface area (Å²) < 4.78 is 0. The van der Waals surface area contributed by atoms with Gasteiger partial charge in [-0.15, -0.1) is 0 Å². The van der Waals surface area contributed by atoms with Crippen molar-refractivity contribution in [3.05, 3.63) is 82.5 Å². The van der Waals surface area contributed by atoms with Crippen molar-refractivity contribution in [2.75, 3.05) is 32.7 Å². The Labute approximate surface area is 236 Å². The first-order valence-corrected chi connectivity index (χ1v) is 14.7. The SMILES string of the molecule is C\C=C(/C=C\C=C(/C)CC)C(c1ccc(C)cc1)N1CCN(C(=O)C=C2CCN(C(C)=O)CC2)C(C(C)C)C1. The van der Waals surface area contributed by atoms with Gasteiger partial charge >= 0.3 is 0 Å². The van der Waals surface area contributed by atoms with Crippen molar-refractivity contribution in [1.29, 1.82) is 0 Å². The van der Waals surface area contributed by atoms with Crippen LogP contribution < -0.4 is 0 Å². The van der Waals surface area contributed by atoms with Gasteiger partial charge in [-0.3, -0.25) is 14.5 Å². The zero-order valence-corrected chi connectivity index (χ0v) is 25.2. The molecule has 0 bridgehead atoms. The molecule has 0 aliphatic carbocycles. The summed E-state index contributed by atoms with van der Waals surface area (Å²) >= 11 is 0. The molecule has 2 saturated heterocycles. The van der Waals surface area contributed by atoms with E-state index in [0.29, 0.717) is 25.6 Å². The smallest absolute Gasteiger partial charge is 0.246 e. The first-order valence-electron chi connectivity index (χ1n) is 14.7. The van der Waals surface area contributed by atoms with E-state index in [1.807, 2.05) is 11.0 Å². The zero-order valence-electron chi connectivity index (χ0n) is 25.2. The van der Waals surface area contributed by atoms with Crippen molar-refractivity contribution in [2.45, 2.75) is 79.8 Å². The molecule has 2 aliphatic heterocycles. The second-order valence-corrected chi connectivity index (χ2v) is 11.5. The third kappa shape index (κ3) is 8.28. The van der Waals surface area contributed by atoms with E-state index in [1.165, 1.54) is 22.3 Å². The van der Waals surface area contributed by atoms with Gasteiger partial charge in [0, 0.05) is 51.8 Å². The maximum atomic E-state index is 13.5. The van der Waals surface area contributed by atoms with Crippen molar-refractivity contribution in [1.82, 2.24) is 14.7 Å². The summed E-state index contributed by atoms with van der Waals surface area (Å²) in [5.74, 6) is 0.581. The molecule has 2 amide bonds. The van der Waals surface area contributed by atoms with Gasteiger partial charge in [0.15, 0.2) is 0 Å². The maximum Gasteiger partial charge on any atom is 0.246 e. The summed E-state index contributed by atoms with van der Waals surface area (Å²) in [6, 6.07) is 9.18. The van der Waals surface area contributed by atoms with Gasteiger partial charge in [0.1, 0.15) is 0 Å². The summed E-state index contributed by atoms with van der Waals surface area (Å²) in [5.41, 5.74) is 6.35. The largest absolute Gasteiger partial charge is 0.342 e. The van der Waals surface area contributed by atoms with Crippen molar-refractivity contribution in [2.24, 2.45) is 5.92 Å². The van der Waals surface area contributed by atoms with Gasteiger partial charge in [-0.2, -0.15) is 0 Å². The van der Waals surface area contributed by atoms with Gasteiger partial charge in [-0.25, -0.2) is 0 Å². The van der Waals surface area contributed by atoms with E-state index in [4.69, 9.17) is 0 Å². The number of piperazine rings is 1. The molecular weight excluding hydrogens is 482 g/mol. The third-order valence-corrected chi connectivity index (χ3v) is 8.32. The molecule has 3 rings (SSSR count). The second kappa shape index (κ2) is 14.5. The Morgan fingerprint density at radius 3 is 2.26 bits per heavy atom. The van der Waals surface area contributed by atoms with Crippen LogP contribution in [0.25, 0.3) is 0 Å². The van der Waals surface area contributed by atoms with Crippen LogP contribution in [0.4, 0.5) is 0 Å². The number of benzene rings is 1. The van der Waals surface area contributed by atoms with Gasteiger partial charge in [0.25, 0.3) is 0 Å². The molecule has 212 valence electrons. The number of carbonyl (C=O) groups excluding carboxylic acids is 2. The maximum absolute atomic E-state index is 13.5. The fraction of sp³-hybridized carbons (Fsp3) is 0.529. The number of carbonyl (C=O) groups is 2. The van der Waals surface area contributed by atoms with Crippen molar-refractivity contribution < 1.29 is 9.59 Å². The lowest BCUT2D eigenvalue weighted by molar-refractivity contribution is -0.132. The van der Waals surface area contributed by atoms with Gasteiger partial charge in [-0.05, 0) is 57.1 Å². The highest BCUT2D eigenvalue weighted by Gasteiger charge is 2.36. The van der Waals surface area contributed by atoms with Crippen LogP contribution in [0.3, 0.4) is 0 Å². The highest BCUT2D eigenvalue weighted by molar-refractivity contribution is 5.89. The Hall–Kier alpha value is -2.92. The van der Waals surface area contributed by atoms with E-state index in [1.54, 1.807) is 6.92 Å². The van der Waals surface area contributed by atoms with E-state index < -0.39 is 0 Å². The fourth-order valence-electron chi connectivity index (χ4n) is 5.57. The van der Waals surface area contributed by atoms with Crippen molar-refractivity contribution >= 4 is 11.8 Å². The number of allylic oxidation sites excluding steroid dienone is 4. The average Bonchev–Trinajstić information content (AvgIpc) is 2.93. The number of aryl methyl sites for hydroxylation is 1. The summed E-state index contributed by atoms with van der Waals surface area (Å²) in [6.45, 7) is 18.5. The third-order valence-electron chi connectivity index (χ3n) is 8.32. The number of hydrogen-bond acceptors (Lipinski definition) is 3. The summed E-state index contributed by atoms with van der Waals surface area (Å²) in [7, 11) is 0. The van der Waals surface area contributed by atoms with Crippen molar-refractivity contribution in [3.8, 4) is 0 Å². The summed E-state index contributed by atoms with van der Waals surface area (Å²) in [5, 5.41) is 0. The molecule has 2 unspecified atom stereocenters. The molecule has 2 aliphatic rings. The molecule has 0 saturated carbocycles. The number of likely N-dealkylation sites (tertiary alicyclic amines) is 1. The van der Waals surface area contributed by atoms with Gasteiger partial charge in [0.2, 0.25) is 11.8 Å². The van der Waals surface area contributed by atoms with E-state index in [2.05, 4.69) is 99.9 Å². The standard InChI is InChI=1S/C34H49N3O2/c1-8-26(5)11-10-12-30(9-2)34(31-15-13-27(6)14-16-31)36-21-22-37(32(24-36)25(3)4)33(39)23-29-17-19-35(20-18-29)28(7)38/h9-16,23,25,32,34H,8,17-22,24H2,1-7H3/b12-10-,26-11+,30-9+. The number of nitrogens with zero attached hydrogens (tertiary/aromatic N) is 3. The van der Waals surface area contributed by atoms with Crippen LogP contribution in [-0.2, 0) is 9.59 Å². The highest BCUT2D eigenvalue weighted by atomic mass is 16.2. The van der Waals surface area contributed by atoms with E-state index in [-0.39, 0.29) is 23.9 Å².